The number of hydrogen-bond donors (Lipinski definition) is 3. The van der Waals surface area contributed by atoms with E-state index in [1.165, 1.54) is 0 Å². The van der Waals surface area contributed by atoms with Crippen molar-refractivity contribution < 1.29 is 18.0 Å². The average molecular weight is 387 g/mol. The van der Waals surface area contributed by atoms with E-state index in [4.69, 9.17) is 0 Å². The van der Waals surface area contributed by atoms with Crippen LogP contribution in [-0.2, 0) is 14.6 Å². The minimum Gasteiger partial charge on any atom is -0.355 e. The highest BCUT2D eigenvalue weighted by Crippen LogP contribution is 2.22. The van der Waals surface area contributed by atoms with Gasteiger partial charge in [0.15, 0.2) is 9.84 Å². The second kappa shape index (κ2) is 8.22. The van der Waals surface area contributed by atoms with E-state index in [2.05, 4.69) is 16.2 Å². The van der Waals surface area contributed by atoms with Crippen molar-refractivity contribution in [1.29, 1.82) is 0 Å². The number of carbonyl (C=O) groups is 2. The number of hydrogen-bond acceptors (Lipinski definition) is 5. The molecule has 1 atom stereocenters. The fraction of sp³-hybridized carbons (Fsp3) is 0.263. The third-order valence-corrected chi connectivity index (χ3v) is 6.18. The lowest BCUT2D eigenvalue weighted by Gasteiger charge is -2.13. The first-order valence-electron chi connectivity index (χ1n) is 8.64. The van der Waals surface area contributed by atoms with Crippen LogP contribution in [0.4, 0.5) is 11.4 Å². The maximum atomic E-state index is 12.4. The van der Waals surface area contributed by atoms with Crippen molar-refractivity contribution in [3.05, 3.63) is 60.2 Å². The molecule has 0 spiro atoms. The Morgan fingerprint density at radius 2 is 1.67 bits per heavy atom. The van der Waals surface area contributed by atoms with Crippen LogP contribution in [0.5, 0.6) is 0 Å². The molecule has 1 aliphatic heterocycles. The monoisotopic (exact) mass is 387 g/mol. The summed E-state index contributed by atoms with van der Waals surface area (Å²) in [5.41, 5.74) is 6.58. The van der Waals surface area contributed by atoms with E-state index in [9.17, 15) is 18.0 Å². The Morgan fingerprint density at radius 3 is 2.37 bits per heavy atom. The average Bonchev–Trinajstić information content (AvgIpc) is 2.99. The summed E-state index contributed by atoms with van der Waals surface area (Å²) in [6.45, 7) is 0. The molecule has 1 heterocycles. The lowest BCUT2D eigenvalue weighted by molar-refractivity contribution is -0.122. The zero-order valence-corrected chi connectivity index (χ0v) is 15.5. The fourth-order valence-electron chi connectivity index (χ4n) is 3.01. The van der Waals surface area contributed by atoms with Crippen molar-refractivity contribution in [3.8, 4) is 0 Å². The van der Waals surface area contributed by atoms with Crippen LogP contribution in [-0.4, -0.2) is 31.7 Å². The van der Waals surface area contributed by atoms with Gasteiger partial charge in [-0.2, -0.15) is 0 Å². The summed E-state index contributed by atoms with van der Waals surface area (Å²) in [6.07, 6.45) is 0.553. The quantitative estimate of drug-likeness (QED) is 0.681. The van der Waals surface area contributed by atoms with Crippen LogP contribution < -0.4 is 16.2 Å². The van der Waals surface area contributed by atoms with Crippen LogP contribution in [0, 0.1) is 5.92 Å². The van der Waals surface area contributed by atoms with Gasteiger partial charge in [0, 0.05) is 12.1 Å². The van der Waals surface area contributed by atoms with Gasteiger partial charge in [0.05, 0.1) is 22.8 Å². The molecule has 3 rings (SSSR count). The number of anilines is 2. The summed E-state index contributed by atoms with van der Waals surface area (Å²) in [4.78, 5) is 24.4. The number of amides is 2. The lowest BCUT2D eigenvalue weighted by Crippen LogP contribution is -2.42. The fourth-order valence-corrected chi connectivity index (χ4v) is 4.87. The lowest BCUT2D eigenvalue weighted by atomic mass is 10.1. The van der Waals surface area contributed by atoms with Crippen molar-refractivity contribution in [1.82, 2.24) is 10.9 Å². The van der Waals surface area contributed by atoms with Gasteiger partial charge in [-0.3, -0.25) is 20.4 Å². The number of benzene rings is 2. The molecule has 0 aromatic heterocycles. The second-order valence-corrected chi connectivity index (χ2v) is 8.74. The van der Waals surface area contributed by atoms with Gasteiger partial charge in [0.25, 0.3) is 5.91 Å². The van der Waals surface area contributed by atoms with Gasteiger partial charge in [0.1, 0.15) is 0 Å². The third kappa shape index (κ3) is 5.30. The van der Waals surface area contributed by atoms with Crippen molar-refractivity contribution in [3.63, 3.8) is 0 Å². The van der Waals surface area contributed by atoms with E-state index < -0.39 is 21.7 Å². The molecule has 0 bridgehead atoms. The van der Waals surface area contributed by atoms with Gasteiger partial charge in [-0.25, -0.2) is 8.42 Å². The molecule has 0 aliphatic carbocycles. The third-order valence-electron chi connectivity index (χ3n) is 4.34. The molecular formula is C19H21N3O4S. The smallest absolute Gasteiger partial charge is 0.271 e. The SMILES string of the molecule is O=C(CC1CCS(=O)(=O)C1)NNC(=O)c1ccccc1Nc1ccccc1. The molecule has 2 amide bonds. The molecule has 0 saturated carbocycles. The first kappa shape index (κ1) is 18.9. The van der Waals surface area contributed by atoms with E-state index >= 15 is 0 Å². The summed E-state index contributed by atoms with van der Waals surface area (Å²) >= 11 is 0. The minimum atomic E-state index is -3.03. The Hall–Kier alpha value is -2.87. The summed E-state index contributed by atoms with van der Waals surface area (Å²) in [7, 11) is -3.03. The minimum absolute atomic E-state index is 0.0260. The zero-order valence-electron chi connectivity index (χ0n) is 14.6. The molecule has 0 radical (unpaired) electrons. The summed E-state index contributed by atoms with van der Waals surface area (Å²) in [5, 5.41) is 3.17. The zero-order chi connectivity index (χ0) is 19.3. The molecule has 1 saturated heterocycles. The molecule has 1 unspecified atom stereocenters. The van der Waals surface area contributed by atoms with E-state index in [1.54, 1.807) is 24.3 Å². The van der Waals surface area contributed by atoms with Crippen LogP contribution in [0.25, 0.3) is 0 Å². The van der Waals surface area contributed by atoms with Crippen LogP contribution in [0.2, 0.25) is 0 Å². The van der Waals surface area contributed by atoms with Gasteiger partial charge in [-0.1, -0.05) is 30.3 Å². The number of hydrazine groups is 1. The standard InChI is InChI=1S/C19H21N3O4S/c23-18(12-14-10-11-27(25,26)13-14)21-22-19(24)16-8-4-5-9-17(16)20-15-6-2-1-3-7-15/h1-9,14,20H,10-13H2,(H,21,23)(H,22,24). The van der Waals surface area contributed by atoms with Gasteiger partial charge < -0.3 is 5.32 Å². The summed E-state index contributed by atoms with van der Waals surface area (Å²) in [6, 6.07) is 16.4. The van der Waals surface area contributed by atoms with E-state index in [1.807, 2.05) is 30.3 Å². The van der Waals surface area contributed by atoms with Crippen molar-refractivity contribution in [2.45, 2.75) is 12.8 Å². The van der Waals surface area contributed by atoms with Crippen LogP contribution >= 0.6 is 0 Å². The first-order valence-corrected chi connectivity index (χ1v) is 10.5. The van der Waals surface area contributed by atoms with Crippen LogP contribution in [0.1, 0.15) is 23.2 Å². The highest BCUT2D eigenvalue weighted by molar-refractivity contribution is 7.91. The number of sulfone groups is 1. The Morgan fingerprint density at radius 1 is 0.963 bits per heavy atom. The highest BCUT2D eigenvalue weighted by atomic mass is 32.2. The summed E-state index contributed by atoms with van der Waals surface area (Å²) in [5.74, 6) is -0.909. The van der Waals surface area contributed by atoms with E-state index in [-0.39, 0.29) is 23.8 Å². The Labute approximate surface area is 158 Å². The predicted octanol–water partition coefficient (Wildman–Crippen LogP) is 2.02. The number of nitrogens with one attached hydrogen (secondary N) is 3. The van der Waals surface area contributed by atoms with Gasteiger partial charge >= 0.3 is 0 Å². The van der Waals surface area contributed by atoms with Gasteiger partial charge in [-0.05, 0) is 36.6 Å². The molecule has 8 heteroatoms. The van der Waals surface area contributed by atoms with Crippen molar-refractivity contribution in [2.24, 2.45) is 5.92 Å². The normalized spacial score (nSPS) is 17.9. The number of carbonyl (C=O) groups excluding carboxylic acids is 2. The highest BCUT2D eigenvalue weighted by Gasteiger charge is 2.29. The second-order valence-electron chi connectivity index (χ2n) is 6.51. The molecular weight excluding hydrogens is 366 g/mol. The summed E-state index contributed by atoms with van der Waals surface area (Å²) < 4.78 is 22.9. The Kier molecular flexibility index (Phi) is 5.75. The topological polar surface area (TPSA) is 104 Å². The molecule has 27 heavy (non-hydrogen) atoms. The van der Waals surface area contributed by atoms with E-state index in [0.717, 1.165) is 5.69 Å². The molecule has 2 aromatic rings. The molecule has 7 nitrogen and oxygen atoms in total. The van der Waals surface area contributed by atoms with Gasteiger partial charge in [0.2, 0.25) is 5.91 Å². The van der Waals surface area contributed by atoms with Gasteiger partial charge in [-0.15, -0.1) is 0 Å². The largest absolute Gasteiger partial charge is 0.355 e. The van der Waals surface area contributed by atoms with Crippen LogP contribution in [0.15, 0.2) is 54.6 Å². The molecule has 1 aliphatic rings. The number of rotatable bonds is 5. The first-order chi connectivity index (χ1) is 12.9. The van der Waals surface area contributed by atoms with E-state index in [0.29, 0.717) is 17.7 Å². The Bertz CT molecular complexity index is 929. The van der Waals surface area contributed by atoms with Crippen molar-refractivity contribution >= 4 is 33.0 Å². The maximum absolute atomic E-state index is 12.4. The Balaban J connectivity index is 1.57. The molecule has 142 valence electrons. The van der Waals surface area contributed by atoms with Crippen molar-refractivity contribution in [2.75, 3.05) is 16.8 Å². The molecule has 2 aromatic carbocycles. The number of para-hydroxylation sites is 2. The maximum Gasteiger partial charge on any atom is 0.271 e. The van der Waals surface area contributed by atoms with Crippen LogP contribution in [0.3, 0.4) is 0 Å². The molecule has 3 N–H and O–H groups in total. The predicted molar refractivity (Wildman–Crippen MR) is 103 cm³/mol. The molecule has 1 fully saturated rings.